The van der Waals surface area contributed by atoms with Gasteiger partial charge in [-0.15, -0.1) is 0 Å². The van der Waals surface area contributed by atoms with Crippen LogP contribution in [0.3, 0.4) is 0 Å². The molecular weight excluding hydrogens is 912 g/mol. The number of hydrogen-bond donors (Lipinski definition) is 0. The number of hydrogen-bond acceptors (Lipinski definition) is 1. The van der Waals surface area contributed by atoms with Gasteiger partial charge in [-0.25, -0.2) is 0 Å². The summed E-state index contributed by atoms with van der Waals surface area (Å²) in [5, 5.41) is 8.39. The maximum atomic E-state index is 9.87. The summed E-state index contributed by atoms with van der Waals surface area (Å²) in [6.07, 6.45) is 0. The fraction of sp³-hybridized carbons (Fsp3) is 0.0500. The molecule has 0 aromatic heterocycles. The van der Waals surface area contributed by atoms with Gasteiger partial charge in [0.05, 0.1) is 0 Å². The van der Waals surface area contributed by atoms with Crippen molar-refractivity contribution in [2.75, 3.05) is 0 Å². The van der Waals surface area contributed by atoms with Crippen LogP contribution in [0.4, 0.5) is 25.2 Å². The van der Waals surface area contributed by atoms with E-state index in [0.717, 1.165) is 0 Å². The summed E-state index contributed by atoms with van der Waals surface area (Å²) in [5.74, 6) is 0.167. The van der Waals surface area contributed by atoms with Gasteiger partial charge in [-0.2, -0.15) is 0 Å². The summed E-state index contributed by atoms with van der Waals surface area (Å²) < 4.78 is 66.7. The van der Waals surface area contributed by atoms with Crippen LogP contribution in [0.15, 0.2) is 182 Å². The van der Waals surface area contributed by atoms with Crippen LogP contribution in [0.1, 0.15) is 13.8 Å². The number of ketones is 1. The van der Waals surface area contributed by atoms with E-state index in [4.69, 9.17) is 4.65 Å². The molecule has 1 radical (unpaired) electrons. The second-order valence-electron chi connectivity index (χ2n) is 10.6. The molecule has 6 aromatic rings. The fourth-order valence-electron chi connectivity index (χ4n) is 4.36. The minimum atomic E-state index is -10.7. The van der Waals surface area contributed by atoms with Gasteiger partial charge in [0.2, 0.25) is 0 Å². The van der Waals surface area contributed by atoms with Gasteiger partial charge in [0.1, 0.15) is 5.78 Å². The second-order valence-corrected chi connectivity index (χ2v) is 16.9. The minimum Gasteiger partial charge on any atom is -0.0622 e. The van der Waals surface area contributed by atoms with Crippen LogP contribution in [0.5, 0.6) is 0 Å². The quantitative estimate of drug-likeness (QED) is 0.0709. The van der Waals surface area contributed by atoms with Crippen LogP contribution in [0, 0.1) is 6.65 Å². The summed E-state index contributed by atoms with van der Waals surface area (Å²) >= 11 is 0. The zero-order valence-corrected chi connectivity index (χ0v) is 33.2. The number of halogens is 6. The van der Waals surface area contributed by atoms with Gasteiger partial charge in [-0.05, 0) is 61.5 Å². The molecule has 0 spiro atoms. The third-order valence-corrected chi connectivity index (χ3v) is 11.0. The van der Waals surface area contributed by atoms with Gasteiger partial charge in [0, 0.05) is 20.1 Å². The van der Waals surface area contributed by atoms with Crippen molar-refractivity contribution in [2.45, 2.75) is 13.8 Å². The van der Waals surface area contributed by atoms with Crippen LogP contribution in [0.2, 0.25) is 0 Å². The van der Waals surface area contributed by atoms with Gasteiger partial charge in [0.15, 0.2) is 0 Å². The monoisotopic (exact) mass is 948 g/mol. The molecule has 0 N–H and O–H groups in total. The molecule has 275 valence electrons. The molecule has 0 amide bonds. The van der Waals surface area contributed by atoms with Crippen molar-refractivity contribution in [3.8, 4) is 0 Å². The first-order chi connectivity index (χ1) is 24.1. The molecule has 12 heteroatoms. The standard InChI is InChI=1S/2C18H15P.C3H6O.CO.F6P.Ir/c2*1-4-10-16(11-5-1)19(17-12-6-2-7-13-17)18-14-8-3-9-15-18;1-3(2)4;1-2;1-7(2,3,4,5)6;/h2*1-15H;1-2H3;;;/q;;;;-1;. The maximum absolute atomic E-state index is 10.7. The van der Waals surface area contributed by atoms with E-state index in [1.807, 2.05) is 0 Å². The Labute approximate surface area is 317 Å². The molecule has 52 heavy (non-hydrogen) atoms. The Morgan fingerprint density at radius 2 is 0.500 bits per heavy atom. The molecule has 0 aliphatic heterocycles. The third-order valence-electron chi connectivity index (χ3n) is 6.09. The van der Waals surface area contributed by atoms with Gasteiger partial charge in [-0.3, -0.25) is 0 Å². The van der Waals surface area contributed by atoms with E-state index in [1.165, 1.54) is 45.7 Å². The average molecular weight is 948 g/mol. The van der Waals surface area contributed by atoms with Crippen molar-refractivity contribution in [1.82, 2.24) is 0 Å². The normalized spacial score (nSPS) is 11.4. The fourth-order valence-corrected chi connectivity index (χ4v) is 8.97. The van der Waals surface area contributed by atoms with Gasteiger partial charge in [-0.1, -0.05) is 182 Å². The Balaban J connectivity index is 0.000000387. The number of Topliss-reactive ketones (excluding diaryl/α,β-unsaturated/α-hetero) is 1. The van der Waals surface area contributed by atoms with Crippen molar-refractivity contribution >= 4 is 61.3 Å². The maximum Gasteiger partial charge on any atom is 0 e. The Bertz CT molecular complexity index is 1550. The smallest absolute Gasteiger partial charge is 0 e. The van der Waals surface area contributed by atoms with Crippen LogP contribution in [-0.4, -0.2) is 5.78 Å². The minimum absolute atomic E-state index is 0. The van der Waals surface area contributed by atoms with Crippen molar-refractivity contribution in [2.24, 2.45) is 0 Å². The molecule has 6 rings (SSSR count). The van der Waals surface area contributed by atoms with E-state index < -0.39 is 23.7 Å². The second kappa shape index (κ2) is 21.7. The number of carbonyl (C=O) groups excluding carboxylic acids is 1. The molecule has 0 aliphatic carbocycles. The summed E-state index contributed by atoms with van der Waals surface area (Å²) in [6.45, 7) is 7.56. The van der Waals surface area contributed by atoms with E-state index in [1.54, 1.807) is 0 Å². The summed E-state index contributed by atoms with van der Waals surface area (Å²) in [5.41, 5.74) is 0. The summed E-state index contributed by atoms with van der Waals surface area (Å²) in [7, 11) is -11.5. The molecule has 0 heterocycles. The van der Waals surface area contributed by atoms with E-state index in [0.29, 0.717) is 0 Å². The molecular formula is C40H36F6IrO2P3-. The first-order valence-corrected chi connectivity index (χ1v) is 19.9. The molecule has 6 aromatic carbocycles. The van der Waals surface area contributed by atoms with E-state index in [-0.39, 0.29) is 25.9 Å². The van der Waals surface area contributed by atoms with Crippen LogP contribution in [-0.2, 0) is 29.6 Å². The number of benzene rings is 6. The Kier molecular flexibility index (Phi) is 19.3. The molecule has 0 saturated carbocycles. The molecule has 0 fully saturated rings. The van der Waals surface area contributed by atoms with Gasteiger partial charge >= 0.3 is 44.3 Å². The first-order valence-electron chi connectivity index (χ1n) is 15.2. The van der Waals surface area contributed by atoms with Crippen molar-refractivity contribution in [3.63, 3.8) is 0 Å². The zero-order valence-electron chi connectivity index (χ0n) is 28.1. The van der Waals surface area contributed by atoms with Crippen LogP contribution < -0.4 is 31.8 Å². The molecule has 2 nitrogen and oxygen atoms in total. The third kappa shape index (κ3) is 20.3. The molecule has 0 unspecified atom stereocenters. The van der Waals surface area contributed by atoms with E-state index >= 15 is 0 Å². The van der Waals surface area contributed by atoms with E-state index in [2.05, 4.69) is 189 Å². The van der Waals surface area contributed by atoms with Crippen LogP contribution in [0.25, 0.3) is 0 Å². The molecule has 0 saturated heterocycles. The SMILES string of the molecule is CC(C)=O.F[P-](F)(F)(F)(F)F.[C-]#[O+].[Ir].c1ccc(P(c2ccccc2)c2ccccc2)cc1.c1ccc(P(c2ccccc2)c2ccccc2)cc1. The average Bonchev–Trinajstić information content (AvgIpc) is 3.11. The Morgan fingerprint density at radius 3 is 0.596 bits per heavy atom. The van der Waals surface area contributed by atoms with Crippen molar-refractivity contribution in [3.05, 3.63) is 189 Å². The van der Waals surface area contributed by atoms with Gasteiger partial charge in [0.25, 0.3) is 0 Å². The predicted octanol–water partition coefficient (Wildman–Crippen LogP) is 10.8. The van der Waals surface area contributed by atoms with Crippen LogP contribution >= 0.6 is 23.7 Å². The Morgan fingerprint density at radius 1 is 0.404 bits per heavy atom. The van der Waals surface area contributed by atoms with Crippen molar-refractivity contribution in [1.29, 1.82) is 0 Å². The topological polar surface area (TPSA) is 37.0 Å². The number of carbonyl (C=O) groups is 1. The number of rotatable bonds is 6. The van der Waals surface area contributed by atoms with Gasteiger partial charge < -0.3 is 4.79 Å². The molecule has 0 bridgehead atoms. The predicted molar refractivity (Wildman–Crippen MR) is 204 cm³/mol. The molecule has 0 aliphatic rings. The zero-order chi connectivity index (χ0) is 37.8. The summed E-state index contributed by atoms with van der Waals surface area (Å²) in [6, 6.07) is 64.7. The Hall–Kier alpha value is -3.75. The van der Waals surface area contributed by atoms with E-state index in [9.17, 15) is 30.0 Å². The van der Waals surface area contributed by atoms with Crippen molar-refractivity contribution < 1.29 is 54.7 Å². The molecule has 0 atom stereocenters. The largest absolute Gasteiger partial charge is 0.0622 e. The summed E-state index contributed by atoms with van der Waals surface area (Å²) in [4.78, 5) is 9.44. The first kappa shape index (κ1) is 46.3.